The number of carbonyl (C=O) groups excluding carboxylic acids is 3. The predicted octanol–water partition coefficient (Wildman–Crippen LogP) is 2.58. The molecule has 0 radical (unpaired) electrons. The van der Waals surface area contributed by atoms with E-state index in [0.717, 1.165) is 12.0 Å². The highest BCUT2D eigenvalue weighted by molar-refractivity contribution is 6.32. The number of ether oxygens (including phenoxy) is 2. The molecule has 0 heterocycles. The van der Waals surface area contributed by atoms with Crippen LogP contribution in [0.5, 0.6) is 5.75 Å². The van der Waals surface area contributed by atoms with Crippen LogP contribution in [0.4, 0.5) is 5.69 Å². The van der Waals surface area contributed by atoms with Gasteiger partial charge in [-0.3, -0.25) is 9.59 Å². The highest BCUT2D eigenvalue weighted by atomic mass is 35.5. The largest absolute Gasteiger partial charge is 0.480 e. The number of amides is 2. The fourth-order valence-corrected chi connectivity index (χ4v) is 2.45. The van der Waals surface area contributed by atoms with Gasteiger partial charge in [-0.1, -0.05) is 48.9 Å². The second kappa shape index (κ2) is 10.9. The lowest BCUT2D eigenvalue weighted by atomic mass is 10.1. The van der Waals surface area contributed by atoms with Crippen LogP contribution in [-0.4, -0.2) is 37.5 Å². The second-order valence-electron chi connectivity index (χ2n) is 5.72. The lowest BCUT2D eigenvalue weighted by molar-refractivity contribution is -0.150. The molecule has 0 saturated carbocycles. The summed E-state index contributed by atoms with van der Waals surface area (Å²) in [6.07, 6.45) is 0.773. The van der Waals surface area contributed by atoms with Crippen molar-refractivity contribution in [3.8, 4) is 5.75 Å². The molecule has 148 valence electrons. The van der Waals surface area contributed by atoms with Gasteiger partial charge in [-0.2, -0.15) is 0 Å². The monoisotopic (exact) mass is 404 g/mol. The van der Waals surface area contributed by atoms with Gasteiger partial charge in [0.1, 0.15) is 5.75 Å². The zero-order valence-corrected chi connectivity index (χ0v) is 16.1. The van der Waals surface area contributed by atoms with E-state index in [1.165, 1.54) is 0 Å². The molecular formula is C20H21ClN2O5. The van der Waals surface area contributed by atoms with E-state index >= 15 is 0 Å². The summed E-state index contributed by atoms with van der Waals surface area (Å²) in [6, 6.07) is 14.1. The van der Waals surface area contributed by atoms with Gasteiger partial charge >= 0.3 is 5.97 Å². The number of benzene rings is 2. The van der Waals surface area contributed by atoms with E-state index in [1.54, 1.807) is 30.3 Å². The van der Waals surface area contributed by atoms with Crippen molar-refractivity contribution in [2.75, 3.05) is 25.1 Å². The molecule has 0 aromatic heterocycles. The van der Waals surface area contributed by atoms with Crippen molar-refractivity contribution in [2.45, 2.75) is 13.3 Å². The predicted molar refractivity (Wildman–Crippen MR) is 105 cm³/mol. The maximum absolute atomic E-state index is 11.9. The maximum atomic E-state index is 11.9. The molecule has 8 heteroatoms. The van der Waals surface area contributed by atoms with Gasteiger partial charge in [0.25, 0.3) is 5.91 Å². The summed E-state index contributed by atoms with van der Waals surface area (Å²) >= 11 is 5.90. The molecule has 2 aromatic rings. The number of hydrogen-bond donors (Lipinski definition) is 2. The van der Waals surface area contributed by atoms with Gasteiger partial charge in [-0.05, 0) is 30.2 Å². The first kappa shape index (κ1) is 21.2. The minimum atomic E-state index is -0.726. The molecular weight excluding hydrogens is 384 g/mol. The summed E-state index contributed by atoms with van der Waals surface area (Å²) in [6.45, 7) is 0.857. The van der Waals surface area contributed by atoms with Crippen LogP contribution in [0, 0.1) is 0 Å². The normalized spacial score (nSPS) is 10.1. The van der Waals surface area contributed by atoms with Gasteiger partial charge in [0, 0.05) is 5.69 Å². The Bertz CT molecular complexity index is 841. The van der Waals surface area contributed by atoms with E-state index in [0.29, 0.717) is 16.5 Å². The van der Waals surface area contributed by atoms with Gasteiger partial charge in [-0.15, -0.1) is 0 Å². The molecule has 0 bridgehead atoms. The first-order chi connectivity index (χ1) is 13.5. The standard InChI is InChI=1S/C20H21ClN2O5/c1-2-14-7-3-5-9-16(14)23-18(24)11-22-19(25)12-28-20(26)13-27-17-10-6-4-8-15(17)21/h3-10H,2,11-13H2,1H3,(H,22,25)(H,23,24). The zero-order valence-electron chi connectivity index (χ0n) is 15.4. The van der Waals surface area contributed by atoms with E-state index in [-0.39, 0.29) is 19.1 Å². The van der Waals surface area contributed by atoms with Crippen molar-refractivity contribution in [3.05, 3.63) is 59.1 Å². The van der Waals surface area contributed by atoms with Gasteiger partial charge < -0.3 is 20.1 Å². The number of rotatable bonds is 9. The minimum Gasteiger partial charge on any atom is -0.480 e. The molecule has 0 aliphatic heterocycles. The fourth-order valence-electron chi connectivity index (χ4n) is 2.26. The van der Waals surface area contributed by atoms with Crippen LogP contribution < -0.4 is 15.4 Å². The molecule has 0 spiro atoms. The molecule has 0 aliphatic rings. The quantitative estimate of drug-likeness (QED) is 0.626. The summed E-state index contributed by atoms with van der Waals surface area (Å²) in [5.41, 5.74) is 1.70. The third-order valence-electron chi connectivity index (χ3n) is 3.66. The number of hydrogen-bond acceptors (Lipinski definition) is 5. The van der Waals surface area contributed by atoms with Crippen LogP contribution in [0.3, 0.4) is 0 Å². The summed E-state index contributed by atoms with van der Waals surface area (Å²) in [5, 5.41) is 5.48. The van der Waals surface area contributed by atoms with Crippen LogP contribution in [0.2, 0.25) is 5.02 Å². The number of halogens is 1. The van der Waals surface area contributed by atoms with Gasteiger partial charge in [-0.25, -0.2) is 4.79 Å². The van der Waals surface area contributed by atoms with Crippen molar-refractivity contribution < 1.29 is 23.9 Å². The molecule has 0 saturated heterocycles. The van der Waals surface area contributed by atoms with Crippen molar-refractivity contribution in [1.82, 2.24) is 5.32 Å². The third kappa shape index (κ3) is 6.92. The first-order valence-corrected chi connectivity index (χ1v) is 9.04. The van der Waals surface area contributed by atoms with Crippen LogP contribution >= 0.6 is 11.6 Å². The van der Waals surface area contributed by atoms with Crippen LogP contribution in [0.1, 0.15) is 12.5 Å². The van der Waals surface area contributed by atoms with E-state index in [4.69, 9.17) is 21.1 Å². The molecule has 2 N–H and O–H groups in total. The van der Waals surface area contributed by atoms with Gasteiger partial charge in [0.15, 0.2) is 13.2 Å². The maximum Gasteiger partial charge on any atom is 0.344 e. The number of nitrogens with one attached hydrogen (secondary N) is 2. The van der Waals surface area contributed by atoms with Crippen LogP contribution in [0.25, 0.3) is 0 Å². The van der Waals surface area contributed by atoms with E-state index < -0.39 is 18.5 Å². The second-order valence-corrected chi connectivity index (χ2v) is 6.12. The third-order valence-corrected chi connectivity index (χ3v) is 3.98. The smallest absolute Gasteiger partial charge is 0.344 e. The van der Waals surface area contributed by atoms with Crippen LogP contribution in [-0.2, 0) is 25.5 Å². The van der Waals surface area contributed by atoms with Crippen molar-refractivity contribution in [3.63, 3.8) is 0 Å². The van der Waals surface area contributed by atoms with Crippen LogP contribution in [0.15, 0.2) is 48.5 Å². The average Bonchev–Trinajstić information content (AvgIpc) is 2.70. The van der Waals surface area contributed by atoms with Crippen molar-refractivity contribution in [1.29, 1.82) is 0 Å². The Morgan fingerprint density at radius 1 is 0.964 bits per heavy atom. The lowest BCUT2D eigenvalue weighted by Gasteiger charge is -2.11. The summed E-state index contributed by atoms with van der Waals surface area (Å²) in [7, 11) is 0. The molecule has 0 atom stereocenters. The Hall–Kier alpha value is -3.06. The minimum absolute atomic E-state index is 0.232. The number of esters is 1. The molecule has 0 fully saturated rings. The summed E-state index contributed by atoms with van der Waals surface area (Å²) in [4.78, 5) is 35.3. The molecule has 2 rings (SSSR count). The highest BCUT2D eigenvalue weighted by Crippen LogP contribution is 2.22. The van der Waals surface area contributed by atoms with Crippen molar-refractivity contribution >= 4 is 35.1 Å². The molecule has 0 aliphatic carbocycles. The Morgan fingerprint density at radius 3 is 2.43 bits per heavy atom. The Kier molecular flexibility index (Phi) is 8.30. The summed E-state index contributed by atoms with van der Waals surface area (Å²) in [5.74, 6) is -1.35. The highest BCUT2D eigenvalue weighted by Gasteiger charge is 2.11. The number of carbonyl (C=O) groups is 3. The van der Waals surface area contributed by atoms with Crippen molar-refractivity contribution in [2.24, 2.45) is 0 Å². The molecule has 2 amide bonds. The van der Waals surface area contributed by atoms with E-state index in [9.17, 15) is 14.4 Å². The van der Waals surface area contributed by atoms with E-state index in [1.807, 2.05) is 25.1 Å². The molecule has 0 unspecified atom stereocenters. The Morgan fingerprint density at radius 2 is 1.68 bits per heavy atom. The first-order valence-electron chi connectivity index (χ1n) is 8.67. The number of aryl methyl sites for hydroxylation is 1. The Balaban J connectivity index is 1.67. The molecule has 2 aromatic carbocycles. The van der Waals surface area contributed by atoms with E-state index in [2.05, 4.69) is 10.6 Å². The van der Waals surface area contributed by atoms with Gasteiger partial charge in [0.05, 0.1) is 11.6 Å². The summed E-state index contributed by atoms with van der Waals surface area (Å²) < 4.78 is 10.0. The number of para-hydroxylation sites is 2. The fraction of sp³-hybridized carbons (Fsp3) is 0.250. The topological polar surface area (TPSA) is 93.7 Å². The molecule has 7 nitrogen and oxygen atoms in total. The molecule has 28 heavy (non-hydrogen) atoms. The average molecular weight is 405 g/mol. The number of anilines is 1. The Labute approximate surface area is 168 Å². The van der Waals surface area contributed by atoms with Gasteiger partial charge in [0.2, 0.25) is 5.91 Å². The zero-order chi connectivity index (χ0) is 20.4. The SMILES string of the molecule is CCc1ccccc1NC(=O)CNC(=O)COC(=O)COc1ccccc1Cl. The lowest BCUT2D eigenvalue weighted by Crippen LogP contribution is -2.36.